The Morgan fingerprint density at radius 3 is 2.19 bits per heavy atom. The Bertz CT molecular complexity index is 365. The second kappa shape index (κ2) is 9.20. The topological polar surface area (TPSA) is 122 Å². The molecule has 7 heteroatoms. The smallest absolute Gasteiger partial charge is 0.326 e. The van der Waals surface area contributed by atoms with Crippen LogP contribution in [0.5, 0.6) is 0 Å². The highest BCUT2D eigenvalue weighted by molar-refractivity contribution is 5.83. The maximum Gasteiger partial charge on any atom is 0.326 e. The van der Waals surface area contributed by atoms with Gasteiger partial charge in [0.25, 0.3) is 0 Å². The molecular formula is C14H25N3O4. The van der Waals surface area contributed by atoms with Crippen LogP contribution in [-0.2, 0) is 9.59 Å². The fourth-order valence-corrected chi connectivity index (χ4v) is 2.53. The minimum atomic E-state index is -1.16. The van der Waals surface area contributed by atoms with E-state index in [1.165, 1.54) is 19.3 Å². The molecule has 120 valence electrons. The molecule has 0 saturated heterocycles. The molecule has 1 rings (SSSR count). The maximum atomic E-state index is 11.9. The summed E-state index contributed by atoms with van der Waals surface area (Å²) in [5, 5.41) is 14.3. The van der Waals surface area contributed by atoms with Crippen LogP contribution < -0.4 is 16.4 Å². The van der Waals surface area contributed by atoms with Crippen LogP contribution in [0.25, 0.3) is 0 Å². The van der Waals surface area contributed by atoms with E-state index in [1.807, 2.05) is 0 Å². The predicted molar refractivity (Wildman–Crippen MR) is 77.6 cm³/mol. The molecule has 5 N–H and O–H groups in total. The van der Waals surface area contributed by atoms with Crippen LogP contribution in [0.4, 0.5) is 4.79 Å². The number of aliphatic carboxylic acids is 1. The fourth-order valence-electron chi connectivity index (χ4n) is 2.53. The molecule has 0 bridgehead atoms. The first-order valence-electron chi connectivity index (χ1n) is 7.57. The summed E-state index contributed by atoms with van der Waals surface area (Å²) < 4.78 is 0. The van der Waals surface area contributed by atoms with Crippen LogP contribution in [0, 0.1) is 0 Å². The van der Waals surface area contributed by atoms with Crippen LogP contribution in [0.2, 0.25) is 0 Å². The number of nitrogens with two attached hydrogens (primary N) is 1. The number of carboxylic acid groups (broad SMARTS) is 1. The highest BCUT2D eigenvalue weighted by Gasteiger charge is 2.22. The minimum Gasteiger partial charge on any atom is -0.480 e. The molecule has 0 unspecified atom stereocenters. The minimum absolute atomic E-state index is 0.00273. The molecule has 1 atom stereocenters. The van der Waals surface area contributed by atoms with E-state index in [9.17, 15) is 14.4 Å². The zero-order valence-electron chi connectivity index (χ0n) is 12.3. The Morgan fingerprint density at radius 1 is 1.10 bits per heavy atom. The number of carboxylic acids is 1. The van der Waals surface area contributed by atoms with E-state index >= 15 is 0 Å². The third kappa shape index (κ3) is 7.53. The Morgan fingerprint density at radius 2 is 1.67 bits per heavy atom. The second-order valence-corrected chi connectivity index (χ2v) is 5.56. The zero-order valence-corrected chi connectivity index (χ0v) is 12.3. The number of rotatable bonds is 6. The van der Waals surface area contributed by atoms with Crippen molar-refractivity contribution < 1.29 is 19.5 Å². The Labute approximate surface area is 124 Å². The molecule has 0 spiro atoms. The molecule has 0 aromatic rings. The molecule has 1 saturated carbocycles. The number of carbonyl (C=O) groups excluding carboxylic acids is 2. The van der Waals surface area contributed by atoms with Gasteiger partial charge in [0.15, 0.2) is 0 Å². The van der Waals surface area contributed by atoms with Gasteiger partial charge < -0.3 is 21.5 Å². The standard InChI is InChI=1S/C14H25N3O4/c15-12(18)9-8-11(13(19)20)17-14(21)16-10-6-4-2-1-3-5-7-10/h10-11H,1-9H2,(H2,15,18)(H,19,20)(H2,16,17,21)/t11-/m1/s1. The lowest BCUT2D eigenvalue weighted by atomic mass is 9.97. The number of amides is 3. The van der Waals surface area contributed by atoms with Crippen molar-refractivity contribution in [1.82, 2.24) is 10.6 Å². The van der Waals surface area contributed by atoms with Gasteiger partial charge in [0, 0.05) is 12.5 Å². The number of carbonyl (C=O) groups is 3. The Kier molecular flexibility index (Phi) is 7.56. The summed E-state index contributed by atoms with van der Waals surface area (Å²) in [6, 6.07) is -1.49. The van der Waals surface area contributed by atoms with Gasteiger partial charge in [-0.1, -0.05) is 32.1 Å². The van der Waals surface area contributed by atoms with Crippen molar-refractivity contribution in [2.24, 2.45) is 5.73 Å². The summed E-state index contributed by atoms with van der Waals surface area (Å²) in [5.41, 5.74) is 4.99. The van der Waals surface area contributed by atoms with Crippen LogP contribution in [0.3, 0.4) is 0 Å². The Balaban J connectivity index is 2.40. The number of hydrogen-bond acceptors (Lipinski definition) is 3. The summed E-state index contributed by atoms with van der Waals surface area (Å²) in [5.74, 6) is -1.74. The van der Waals surface area contributed by atoms with Gasteiger partial charge in [0.1, 0.15) is 6.04 Å². The van der Waals surface area contributed by atoms with Crippen LogP contribution in [-0.4, -0.2) is 35.1 Å². The second-order valence-electron chi connectivity index (χ2n) is 5.56. The normalized spacial score (nSPS) is 18.1. The first-order chi connectivity index (χ1) is 9.99. The van der Waals surface area contributed by atoms with Crippen molar-refractivity contribution in [2.75, 3.05) is 0 Å². The molecule has 0 radical (unpaired) electrons. The van der Waals surface area contributed by atoms with E-state index in [2.05, 4.69) is 10.6 Å². The average Bonchev–Trinajstić information content (AvgIpc) is 2.37. The fraction of sp³-hybridized carbons (Fsp3) is 0.786. The molecule has 1 aliphatic carbocycles. The molecule has 7 nitrogen and oxygen atoms in total. The van der Waals surface area contributed by atoms with Gasteiger partial charge >= 0.3 is 12.0 Å². The summed E-state index contributed by atoms with van der Waals surface area (Å²) in [4.78, 5) is 33.6. The van der Waals surface area contributed by atoms with E-state index < -0.39 is 23.9 Å². The first-order valence-corrected chi connectivity index (χ1v) is 7.57. The lowest BCUT2D eigenvalue weighted by Crippen LogP contribution is -2.49. The van der Waals surface area contributed by atoms with Crippen molar-refractivity contribution in [3.63, 3.8) is 0 Å². The number of primary amides is 1. The van der Waals surface area contributed by atoms with Crippen LogP contribution in [0.1, 0.15) is 57.8 Å². The number of urea groups is 1. The lowest BCUT2D eigenvalue weighted by Gasteiger charge is -2.22. The van der Waals surface area contributed by atoms with Crippen molar-refractivity contribution in [2.45, 2.75) is 69.9 Å². The van der Waals surface area contributed by atoms with Crippen molar-refractivity contribution >= 4 is 17.9 Å². The van der Waals surface area contributed by atoms with Gasteiger partial charge in [-0.3, -0.25) is 4.79 Å². The quantitative estimate of drug-likeness (QED) is 0.587. The van der Waals surface area contributed by atoms with E-state index in [1.54, 1.807) is 0 Å². The molecule has 0 aliphatic heterocycles. The largest absolute Gasteiger partial charge is 0.480 e. The highest BCUT2D eigenvalue weighted by Crippen LogP contribution is 2.17. The molecule has 21 heavy (non-hydrogen) atoms. The van der Waals surface area contributed by atoms with Gasteiger partial charge in [-0.05, 0) is 19.3 Å². The molecule has 1 fully saturated rings. The lowest BCUT2D eigenvalue weighted by molar-refractivity contribution is -0.139. The third-order valence-electron chi connectivity index (χ3n) is 3.72. The van der Waals surface area contributed by atoms with Crippen molar-refractivity contribution in [3.8, 4) is 0 Å². The van der Waals surface area contributed by atoms with E-state index in [0.29, 0.717) is 0 Å². The van der Waals surface area contributed by atoms with E-state index in [-0.39, 0.29) is 18.9 Å². The average molecular weight is 299 g/mol. The SMILES string of the molecule is NC(=O)CC[C@@H](NC(=O)NC1CCCCCCC1)C(=O)O. The summed E-state index contributed by atoms with van der Waals surface area (Å²) in [7, 11) is 0. The third-order valence-corrected chi connectivity index (χ3v) is 3.72. The Hall–Kier alpha value is -1.79. The van der Waals surface area contributed by atoms with E-state index in [4.69, 9.17) is 10.8 Å². The van der Waals surface area contributed by atoms with Gasteiger partial charge in [-0.15, -0.1) is 0 Å². The first kappa shape index (κ1) is 17.3. The molecule has 3 amide bonds. The highest BCUT2D eigenvalue weighted by atomic mass is 16.4. The number of nitrogens with one attached hydrogen (secondary N) is 2. The zero-order chi connectivity index (χ0) is 15.7. The summed E-state index contributed by atoms with van der Waals surface area (Å²) in [6.07, 6.45) is 7.53. The molecule has 0 aromatic carbocycles. The van der Waals surface area contributed by atoms with Gasteiger partial charge in [-0.25, -0.2) is 9.59 Å². The van der Waals surface area contributed by atoms with Gasteiger partial charge in [0.2, 0.25) is 5.91 Å². The molecule has 0 heterocycles. The number of hydrogen-bond donors (Lipinski definition) is 4. The van der Waals surface area contributed by atoms with Gasteiger partial charge in [0.05, 0.1) is 0 Å². The van der Waals surface area contributed by atoms with E-state index in [0.717, 1.165) is 25.7 Å². The maximum absolute atomic E-state index is 11.9. The summed E-state index contributed by atoms with van der Waals surface area (Å²) >= 11 is 0. The predicted octanol–water partition coefficient (Wildman–Crippen LogP) is 1.12. The molecular weight excluding hydrogens is 274 g/mol. The van der Waals surface area contributed by atoms with Gasteiger partial charge in [-0.2, -0.15) is 0 Å². The molecule has 0 aromatic heterocycles. The molecule has 1 aliphatic rings. The monoisotopic (exact) mass is 299 g/mol. The van der Waals surface area contributed by atoms with Crippen molar-refractivity contribution in [3.05, 3.63) is 0 Å². The summed E-state index contributed by atoms with van der Waals surface area (Å²) in [6.45, 7) is 0. The van der Waals surface area contributed by atoms with Crippen LogP contribution >= 0.6 is 0 Å². The van der Waals surface area contributed by atoms with Crippen LogP contribution in [0.15, 0.2) is 0 Å². The van der Waals surface area contributed by atoms with Crippen molar-refractivity contribution in [1.29, 1.82) is 0 Å².